The number of likely N-dealkylation sites (tertiary alicyclic amines) is 1. The smallest absolute Gasteiger partial charge is 0.256 e. The fourth-order valence-electron chi connectivity index (χ4n) is 15.4. The molecule has 574 valence electrons. The lowest BCUT2D eigenvalue weighted by Gasteiger charge is -2.36. The van der Waals surface area contributed by atoms with E-state index in [2.05, 4.69) is 149 Å². The number of halogens is 3. The Bertz CT molecular complexity index is 4730. The first-order valence-corrected chi connectivity index (χ1v) is 41.1. The summed E-state index contributed by atoms with van der Waals surface area (Å²) in [5.74, 6) is 4.08. The Kier molecular flexibility index (Phi) is 26.5. The molecule has 3 aromatic heterocycles. The molecular weight excluding hydrogens is 1460 g/mol. The van der Waals surface area contributed by atoms with E-state index in [9.17, 15) is 14.0 Å². The molecule has 1 amide bonds. The molecule has 0 aliphatic carbocycles. The van der Waals surface area contributed by atoms with Crippen molar-refractivity contribution in [3.8, 4) is 5.75 Å². The van der Waals surface area contributed by atoms with Crippen molar-refractivity contribution in [2.24, 2.45) is 9.98 Å². The molecule has 0 spiro atoms. The van der Waals surface area contributed by atoms with Crippen LogP contribution in [0.2, 0.25) is 10.0 Å². The van der Waals surface area contributed by atoms with Gasteiger partial charge in [-0.15, -0.1) is 11.3 Å². The third-order valence-corrected chi connectivity index (χ3v) is 24.5. The van der Waals surface area contributed by atoms with Crippen molar-refractivity contribution < 1.29 is 28.3 Å². The zero-order chi connectivity index (χ0) is 75.2. The van der Waals surface area contributed by atoms with Crippen molar-refractivity contribution >= 4 is 108 Å². The van der Waals surface area contributed by atoms with Gasteiger partial charge in [-0.3, -0.25) is 24.0 Å². The molecule has 11 heterocycles. The predicted octanol–water partition coefficient (Wildman–Crippen LogP) is 14.7. The number of aryl methyl sites for hydroxylation is 4. The van der Waals surface area contributed by atoms with Gasteiger partial charge in [-0.25, -0.2) is 19.4 Å². The second kappa shape index (κ2) is 37.2. The number of amidine groups is 2. The minimum absolute atomic E-state index is 0.0809. The number of unbranched alkanes of at least 4 members (excludes halogenated alkanes) is 1. The first-order chi connectivity index (χ1) is 53.2. The lowest BCUT2D eigenvalue weighted by atomic mass is 9.91. The first-order valence-electron chi connectivity index (χ1n) is 38.7. The zero-order valence-electron chi connectivity index (χ0n) is 62.7. The number of benzene rings is 6. The van der Waals surface area contributed by atoms with Crippen LogP contribution in [0.3, 0.4) is 0 Å². The predicted molar refractivity (Wildman–Crippen MR) is 439 cm³/mol. The van der Waals surface area contributed by atoms with Gasteiger partial charge < -0.3 is 54.2 Å². The summed E-state index contributed by atoms with van der Waals surface area (Å²) in [5.41, 5.74) is 12.1. The number of hydrogen-bond acceptors (Lipinski definition) is 20. The van der Waals surface area contributed by atoms with Gasteiger partial charge in [0, 0.05) is 172 Å². The van der Waals surface area contributed by atoms with Crippen molar-refractivity contribution in [1.82, 2.24) is 44.1 Å². The number of aromatic nitrogens is 3. The van der Waals surface area contributed by atoms with E-state index < -0.39 is 0 Å². The van der Waals surface area contributed by atoms with Gasteiger partial charge in [0.15, 0.2) is 5.58 Å². The number of ether oxygens (including phenoxy) is 2. The van der Waals surface area contributed by atoms with E-state index >= 15 is 0 Å². The van der Waals surface area contributed by atoms with E-state index in [-0.39, 0.29) is 23.9 Å². The van der Waals surface area contributed by atoms with Gasteiger partial charge in [-0.2, -0.15) is 0 Å². The minimum Gasteiger partial charge on any atom is -0.494 e. The number of para-hydroxylation sites is 3. The number of likely N-dealkylation sites (N-methyl/N-ethyl adjacent to an activating group) is 1. The molecule has 4 fully saturated rings. The summed E-state index contributed by atoms with van der Waals surface area (Å²) in [5, 5.41) is 22.9. The van der Waals surface area contributed by atoms with E-state index in [4.69, 9.17) is 57.3 Å². The van der Waals surface area contributed by atoms with Crippen LogP contribution < -0.4 is 25.8 Å². The van der Waals surface area contributed by atoms with Gasteiger partial charge in [0.1, 0.15) is 34.1 Å². The Morgan fingerprint density at radius 2 is 1.34 bits per heavy atom. The fraction of sp³-hybridized carbons (Fsp3) is 0.429. The van der Waals surface area contributed by atoms with Gasteiger partial charge in [0.2, 0.25) is 5.91 Å². The molecule has 0 atom stereocenters. The Morgan fingerprint density at radius 1 is 0.633 bits per heavy atom. The third kappa shape index (κ3) is 19.6. The number of rotatable bonds is 16. The van der Waals surface area contributed by atoms with Crippen molar-refractivity contribution in [2.45, 2.75) is 100 Å². The monoisotopic (exact) mass is 1550 g/mol. The van der Waals surface area contributed by atoms with Gasteiger partial charge in [-0.05, 0) is 164 Å². The number of carbonyl (C=O) groups excluding carboxylic acids is 1. The number of aliphatic imine (C=N–C) groups is 2. The molecule has 0 bridgehead atoms. The summed E-state index contributed by atoms with van der Waals surface area (Å²) >= 11 is 16.1. The fourth-order valence-corrected chi connectivity index (χ4v) is 17.8. The van der Waals surface area contributed by atoms with Crippen LogP contribution in [0.4, 0.5) is 37.8 Å². The highest BCUT2D eigenvalue weighted by molar-refractivity contribution is 7.99. The van der Waals surface area contributed by atoms with Crippen molar-refractivity contribution in [3.05, 3.63) is 204 Å². The molecule has 4 saturated heterocycles. The number of thiophene rings is 1. The molecule has 8 aliphatic heterocycles. The first kappa shape index (κ1) is 77.5. The summed E-state index contributed by atoms with van der Waals surface area (Å²) < 4.78 is 31.9. The molecular formula is C84H99Cl2FN14O6S2. The zero-order valence-corrected chi connectivity index (χ0v) is 65.9. The number of piperazine rings is 3. The Labute approximate surface area is 656 Å². The van der Waals surface area contributed by atoms with Crippen LogP contribution in [0.5, 0.6) is 5.75 Å². The molecule has 20 nitrogen and oxygen atoms in total. The maximum atomic E-state index is 13.4. The lowest BCUT2D eigenvalue weighted by molar-refractivity contribution is -0.116. The van der Waals surface area contributed by atoms with E-state index in [0.717, 1.165) is 250 Å². The molecule has 0 saturated carbocycles. The Hall–Kier alpha value is -8.20. The van der Waals surface area contributed by atoms with Crippen LogP contribution in [0.25, 0.3) is 11.0 Å². The van der Waals surface area contributed by atoms with Crippen LogP contribution in [-0.4, -0.2) is 212 Å². The van der Waals surface area contributed by atoms with Crippen molar-refractivity contribution in [3.63, 3.8) is 0 Å². The number of nitrogens with one attached hydrogen (secondary N) is 2. The molecule has 109 heavy (non-hydrogen) atoms. The van der Waals surface area contributed by atoms with Crippen LogP contribution >= 0.6 is 46.3 Å². The van der Waals surface area contributed by atoms with E-state index in [1.165, 1.54) is 48.5 Å². The molecule has 0 unspecified atom stereocenters. The molecule has 25 heteroatoms. The molecule has 8 aliphatic rings. The SMILES string of the molecule is Cc1cc2c(s1)Nc1ccccc1N=C2N1CCN(C)CC1.Cc1nc2n(c(=O)c1CCN1CCC(c3noc4cc(F)ccc34)CC1)CCCC2.O=C1CCc2ccc(OCCCCN3CCN(c4cccc(Cl)c4Cl)CC3)cc2N1.OCCOCCN1CCN(C2=Nc3ccccc3Sc3ccccc32)CC1. The Balaban J connectivity index is 0.000000122. The van der Waals surface area contributed by atoms with Crippen molar-refractivity contribution in [2.75, 3.05) is 160 Å². The highest BCUT2D eigenvalue weighted by Gasteiger charge is 2.30. The van der Waals surface area contributed by atoms with Crippen LogP contribution in [0, 0.1) is 19.7 Å². The van der Waals surface area contributed by atoms with Gasteiger partial charge in [0.05, 0.1) is 70.5 Å². The maximum Gasteiger partial charge on any atom is 0.256 e. The number of amides is 1. The third-order valence-electron chi connectivity index (χ3n) is 21.6. The summed E-state index contributed by atoms with van der Waals surface area (Å²) in [7, 11) is 2.18. The second-order valence-electron chi connectivity index (χ2n) is 29.0. The number of hydrogen-bond donors (Lipinski definition) is 3. The lowest BCUT2D eigenvalue weighted by Crippen LogP contribution is -2.49. The highest BCUT2D eigenvalue weighted by Crippen LogP contribution is 2.43. The minimum atomic E-state index is -0.303. The average Bonchev–Trinajstić information content (AvgIpc) is 1.82. The number of nitrogens with zero attached hydrogens (tertiary/aromatic N) is 12. The topological polar surface area (TPSA) is 188 Å². The summed E-state index contributed by atoms with van der Waals surface area (Å²) in [6, 6.07) is 43.9. The van der Waals surface area contributed by atoms with Crippen LogP contribution in [-0.2, 0) is 35.3 Å². The van der Waals surface area contributed by atoms with E-state index in [1.807, 2.05) is 41.8 Å². The van der Waals surface area contributed by atoms with Gasteiger partial charge >= 0.3 is 0 Å². The maximum absolute atomic E-state index is 13.4. The number of carbonyl (C=O) groups is 1. The van der Waals surface area contributed by atoms with E-state index in [1.54, 1.807) is 29.2 Å². The molecule has 9 aromatic rings. The number of aliphatic hydroxyl groups is 1. The molecule has 6 aromatic carbocycles. The van der Waals surface area contributed by atoms with Crippen LogP contribution in [0.1, 0.15) is 95.2 Å². The average molecular weight is 1550 g/mol. The summed E-state index contributed by atoms with van der Waals surface area (Å²) in [4.78, 5) is 59.9. The van der Waals surface area contributed by atoms with Gasteiger partial charge in [0.25, 0.3) is 5.56 Å². The molecule has 0 radical (unpaired) electrons. The van der Waals surface area contributed by atoms with Crippen LogP contribution in [0.15, 0.2) is 163 Å². The summed E-state index contributed by atoms with van der Waals surface area (Å²) in [6.07, 6.45) is 9.28. The number of piperidine rings is 1. The number of aliphatic hydroxyl groups excluding tert-OH is 1. The number of fused-ring (bicyclic) bond motifs is 7. The number of anilines is 4. The molecule has 3 N–H and O–H groups in total. The summed E-state index contributed by atoms with van der Waals surface area (Å²) in [6.45, 7) is 23.7. The normalized spacial score (nSPS) is 17.5. The highest BCUT2D eigenvalue weighted by atomic mass is 35.5. The standard InChI is InChI=1S/C23H27Cl2N3O2.C23H27FN4O2.C21H25N3O2S.C17H20N4S/c24-19-4-3-5-21(23(19)25)28-13-11-27(12-14-28)10-1-2-15-30-18-8-6-17-7-9-22(29)26-20(17)16-18;1-15-18(23(29)28-10-3-2-4-21(28)25-15)9-13-27-11-7-16(8-12-27)22-19-6-5-17(24)14-20(19)30-26-22;25-14-16-26-15-13-23-9-11-24(12-10-23)21-17-5-1-3-7-19(17)27-20-8-4-2-6-18(20)22-21;1-12-11-13-16(21-9-7-20(2)8-10-21)18-14-5-3-4-6-15(14)19-17(13)22-12/h3-6,8,16H,1-2,7,9-15H2,(H,26,29);5-6,14,16H,2-4,7-13H2,1H3;1-8,25H,9-16H2;3-6,11,19H,7-10H2,1-2H3. The molecule has 17 rings (SSSR count). The quantitative estimate of drug-likeness (QED) is 0.0774. The largest absolute Gasteiger partial charge is 0.494 e. The van der Waals surface area contributed by atoms with Gasteiger partial charge in [-0.1, -0.05) is 94.7 Å². The Morgan fingerprint density at radius 3 is 2.14 bits per heavy atom. The second-order valence-corrected chi connectivity index (χ2v) is 32.2. The van der Waals surface area contributed by atoms with E-state index in [0.29, 0.717) is 47.8 Å². The van der Waals surface area contributed by atoms with Crippen molar-refractivity contribution in [1.29, 1.82) is 0 Å².